The van der Waals surface area contributed by atoms with Crippen molar-refractivity contribution >= 4 is 45.7 Å². The van der Waals surface area contributed by atoms with E-state index in [1.807, 2.05) is 0 Å². The third-order valence-electron chi connectivity index (χ3n) is 4.93. The number of carbonyl (C=O) groups is 2. The van der Waals surface area contributed by atoms with Gasteiger partial charge in [0.2, 0.25) is 17.7 Å². The SMILES string of the molecule is COc1cc2nccc(Oc3ncc(NC(=O)CC(=O)Nc4cccc(F)c4)cc3Cl)c2cc1OC. The highest BCUT2D eigenvalue weighted by molar-refractivity contribution is 6.32. The summed E-state index contributed by atoms with van der Waals surface area (Å²) in [5.41, 5.74) is 1.13. The summed E-state index contributed by atoms with van der Waals surface area (Å²) in [6.45, 7) is 0. The molecule has 0 aliphatic carbocycles. The van der Waals surface area contributed by atoms with Crippen molar-refractivity contribution in [2.75, 3.05) is 24.9 Å². The summed E-state index contributed by atoms with van der Waals surface area (Å²) in [5.74, 6) is -0.150. The van der Waals surface area contributed by atoms with E-state index in [0.29, 0.717) is 28.2 Å². The molecule has 0 bridgehead atoms. The quantitative estimate of drug-likeness (QED) is 0.313. The highest BCUT2D eigenvalue weighted by Crippen LogP contribution is 2.38. The van der Waals surface area contributed by atoms with Crippen LogP contribution in [0.15, 0.2) is 60.9 Å². The minimum absolute atomic E-state index is 0.0980. The number of amides is 2. The number of pyridine rings is 2. The number of hydrogen-bond acceptors (Lipinski definition) is 7. The molecule has 0 fully saturated rings. The molecule has 11 heteroatoms. The zero-order valence-corrected chi connectivity index (χ0v) is 19.9. The van der Waals surface area contributed by atoms with Crippen molar-refractivity contribution in [1.29, 1.82) is 0 Å². The Morgan fingerprint density at radius 2 is 1.64 bits per heavy atom. The molecule has 0 atom stereocenters. The predicted octanol–water partition coefficient (Wildman–Crippen LogP) is 5.20. The number of carbonyl (C=O) groups excluding carboxylic acids is 2. The van der Waals surface area contributed by atoms with Gasteiger partial charge in [-0.3, -0.25) is 14.6 Å². The average Bonchev–Trinajstić information content (AvgIpc) is 2.84. The van der Waals surface area contributed by atoms with E-state index in [1.165, 1.54) is 44.7 Å². The van der Waals surface area contributed by atoms with Gasteiger partial charge in [-0.25, -0.2) is 9.37 Å². The third-order valence-corrected chi connectivity index (χ3v) is 5.20. The molecule has 0 aliphatic rings. The van der Waals surface area contributed by atoms with Gasteiger partial charge in [-0.05, 0) is 36.4 Å². The zero-order valence-electron chi connectivity index (χ0n) is 19.2. The van der Waals surface area contributed by atoms with Crippen molar-refractivity contribution in [2.45, 2.75) is 6.42 Å². The molecule has 0 saturated heterocycles. The Hall–Kier alpha value is -4.44. The second kappa shape index (κ2) is 10.9. The van der Waals surface area contributed by atoms with E-state index < -0.39 is 24.1 Å². The molecule has 0 saturated carbocycles. The molecular formula is C25H20ClFN4O5. The van der Waals surface area contributed by atoms with Crippen molar-refractivity contribution in [3.05, 3.63) is 71.8 Å². The standard InChI is InChI=1S/C25H20ClFN4O5/c1-34-21-10-17-19(11-22(21)35-2)28-7-6-20(17)36-25-18(26)9-16(13-29-25)31-24(33)12-23(32)30-15-5-3-4-14(27)8-15/h3-11,13H,12H2,1-2H3,(H,30,32)(H,31,33). The Morgan fingerprint density at radius 3 is 2.33 bits per heavy atom. The van der Waals surface area contributed by atoms with Gasteiger partial charge in [0.15, 0.2) is 11.5 Å². The maximum absolute atomic E-state index is 13.2. The smallest absolute Gasteiger partial charge is 0.238 e. The molecule has 2 heterocycles. The number of nitrogens with zero attached hydrogens (tertiary/aromatic N) is 2. The second-order valence-electron chi connectivity index (χ2n) is 7.43. The molecule has 4 rings (SSSR count). The van der Waals surface area contributed by atoms with Crippen LogP contribution in [0.5, 0.6) is 23.1 Å². The van der Waals surface area contributed by atoms with Crippen LogP contribution < -0.4 is 24.8 Å². The number of benzene rings is 2. The van der Waals surface area contributed by atoms with Crippen molar-refractivity contribution in [3.63, 3.8) is 0 Å². The van der Waals surface area contributed by atoms with Gasteiger partial charge in [-0.2, -0.15) is 0 Å². The lowest BCUT2D eigenvalue weighted by atomic mass is 10.2. The lowest BCUT2D eigenvalue weighted by Gasteiger charge is -2.13. The van der Waals surface area contributed by atoms with Crippen LogP contribution in [-0.2, 0) is 9.59 Å². The number of nitrogens with one attached hydrogen (secondary N) is 2. The molecule has 2 aromatic heterocycles. The van der Waals surface area contributed by atoms with Crippen LogP contribution >= 0.6 is 11.6 Å². The summed E-state index contributed by atoms with van der Waals surface area (Å²) >= 11 is 6.33. The first-order valence-electron chi connectivity index (χ1n) is 10.6. The van der Waals surface area contributed by atoms with Crippen LogP contribution in [0, 0.1) is 5.82 Å². The summed E-state index contributed by atoms with van der Waals surface area (Å²) in [6.07, 6.45) is 2.43. The summed E-state index contributed by atoms with van der Waals surface area (Å²) in [4.78, 5) is 32.8. The van der Waals surface area contributed by atoms with Crippen LogP contribution in [0.2, 0.25) is 5.02 Å². The van der Waals surface area contributed by atoms with E-state index in [1.54, 1.807) is 24.4 Å². The monoisotopic (exact) mass is 510 g/mol. The molecule has 0 spiro atoms. The minimum atomic E-state index is -0.603. The zero-order chi connectivity index (χ0) is 25.7. The highest BCUT2D eigenvalue weighted by Gasteiger charge is 2.15. The molecule has 4 aromatic rings. The van der Waals surface area contributed by atoms with Crippen LogP contribution in [0.25, 0.3) is 10.9 Å². The number of rotatable bonds is 8. The molecule has 0 unspecified atom stereocenters. The summed E-state index contributed by atoms with van der Waals surface area (Å²) in [5, 5.41) is 5.77. The number of anilines is 2. The lowest BCUT2D eigenvalue weighted by molar-refractivity contribution is -0.123. The Balaban J connectivity index is 1.44. The van der Waals surface area contributed by atoms with E-state index in [9.17, 15) is 14.0 Å². The first-order valence-corrected chi connectivity index (χ1v) is 10.9. The number of hydrogen-bond donors (Lipinski definition) is 2. The van der Waals surface area contributed by atoms with E-state index in [4.69, 9.17) is 25.8 Å². The second-order valence-corrected chi connectivity index (χ2v) is 7.84. The van der Waals surface area contributed by atoms with Gasteiger partial charge in [-0.15, -0.1) is 0 Å². The van der Waals surface area contributed by atoms with Gasteiger partial charge in [0.05, 0.1) is 31.6 Å². The Labute approximate surface area is 210 Å². The molecule has 2 aromatic carbocycles. The predicted molar refractivity (Wildman–Crippen MR) is 132 cm³/mol. The fourth-order valence-electron chi connectivity index (χ4n) is 3.33. The first kappa shape index (κ1) is 24.7. The summed E-state index contributed by atoms with van der Waals surface area (Å²) in [7, 11) is 3.06. The number of aromatic nitrogens is 2. The van der Waals surface area contributed by atoms with Gasteiger partial charge in [0, 0.05) is 23.3 Å². The van der Waals surface area contributed by atoms with Crippen LogP contribution in [0.3, 0.4) is 0 Å². The van der Waals surface area contributed by atoms with Crippen LogP contribution in [0.4, 0.5) is 15.8 Å². The van der Waals surface area contributed by atoms with Crippen molar-refractivity contribution in [1.82, 2.24) is 9.97 Å². The minimum Gasteiger partial charge on any atom is -0.493 e. The van der Waals surface area contributed by atoms with E-state index in [0.717, 1.165) is 6.07 Å². The Morgan fingerprint density at radius 1 is 0.917 bits per heavy atom. The van der Waals surface area contributed by atoms with Crippen molar-refractivity contribution in [2.24, 2.45) is 0 Å². The van der Waals surface area contributed by atoms with E-state index in [-0.39, 0.29) is 22.3 Å². The van der Waals surface area contributed by atoms with Crippen LogP contribution in [0.1, 0.15) is 6.42 Å². The third kappa shape index (κ3) is 5.78. The van der Waals surface area contributed by atoms with Crippen LogP contribution in [-0.4, -0.2) is 36.0 Å². The van der Waals surface area contributed by atoms with Crippen molar-refractivity contribution < 1.29 is 28.2 Å². The average molecular weight is 511 g/mol. The fourth-order valence-corrected chi connectivity index (χ4v) is 3.54. The van der Waals surface area contributed by atoms with E-state index in [2.05, 4.69) is 20.6 Å². The maximum atomic E-state index is 13.2. The maximum Gasteiger partial charge on any atom is 0.238 e. The van der Waals surface area contributed by atoms with Crippen molar-refractivity contribution in [3.8, 4) is 23.1 Å². The molecular weight excluding hydrogens is 491 g/mol. The Kier molecular flexibility index (Phi) is 7.45. The van der Waals surface area contributed by atoms with Gasteiger partial charge < -0.3 is 24.8 Å². The molecule has 184 valence electrons. The topological polar surface area (TPSA) is 112 Å². The normalized spacial score (nSPS) is 10.6. The number of ether oxygens (including phenoxy) is 3. The Bertz CT molecular complexity index is 1450. The van der Waals surface area contributed by atoms with Gasteiger partial charge in [0.25, 0.3) is 0 Å². The summed E-state index contributed by atoms with van der Waals surface area (Å²) < 4.78 is 29.8. The largest absolute Gasteiger partial charge is 0.493 e. The number of halogens is 2. The lowest BCUT2D eigenvalue weighted by Crippen LogP contribution is -2.21. The van der Waals surface area contributed by atoms with Gasteiger partial charge in [-0.1, -0.05) is 17.7 Å². The summed E-state index contributed by atoms with van der Waals surface area (Å²) in [6, 6.07) is 11.9. The first-order chi connectivity index (χ1) is 17.4. The van der Waals surface area contributed by atoms with E-state index >= 15 is 0 Å². The molecule has 0 radical (unpaired) electrons. The molecule has 2 amide bonds. The molecule has 2 N–H and O–H groups in total. The molecule has 0 aliphatic heterocycles. The fraction of sp³-hybridized carbons (Fsp3) is 0.120. The molecule has 36 heavy (non-hydrogen) atoms. The number of fused-ring (bicyclic) bond motifs is 1. The molecule has 9 nitrogen and oxygen atoms in total. The number of methoxy groups -OCH3 is 2. The van der Waals surface area contributed by atoms with Gasteiger partial charge >= 0.3 is 0 Å². The van der Waals surface area contributed by atoms with Gasteiger partial charge in [0.1, 0.15) is 23.0 Å². The highest BCUT2D eigenvalue weighted by atomic mass is 35.5.